The number of carbonyl (C=O) groups excluding carboxylic acids is 2. The number of hydrogen-bond acceptors (Lipinski definition) is 8. The van der Waals surface area contributed by atoms with Crippen molar-refractivity contribution in [1.82, 2.24) is 9.88 Å². The van der Waals surface area contributed by atoms with E-state index in [0.29, 0.717) is 29.2 Å². The van der Waals surface area contributed by atoms with Crippen molar-refractivity contribution in [1.29, 1.82) is 0 Å². The lowest BCUT2D eigenvalue weighted by molar-refractivity contribution is -0.384. The largest absolute Gasteiger partial charge is 0.507 e. The third-order valence-corrected chi connectivity index (χ3v) is 7.22. The maximum absolute atomic E-state index is 13.5. The van der Waals surface area contributed by atoms with Gasteiger partial charge >= 0.3 is 0 Å². The van der Waals surface area contributed by atoms with E-state index in [0.717, 1.165) is 16.5 Å². The summed E-state index contributed by atoms with van der Waals surface area (Å²) in [4.78, 5) is 42.1. The Balaban J connectivity index is 1.60. The number of benzene rings is 3. The van der Waals surface area contributed by atoms with E-state index in [1.807, 2.05) is 24.4 Å². The maximum Gasteiger partial charge on any atom is 0.295 e. The zero-order chi connectivity index (χ0) is 29.3. The summed E-state index contributed by atoms with van der Waals surface area (Å²) in [5.74, 6) is -0.554. The molecule has 1 amide bonds. The first-order valence-corrected chi connectivity index (χ1v) is 12.7. The number of nitrogens with one attached hydrogen (secondary N) is 1. The van der Waals surface area contributed by atoms with Crippen LogP contribution in [0.1, 0.15) is 22.7 Å². The summed E-state index contributed by atoms with van der Waals surface area (Å²) < 4.78 is 16.3. The minimum atomic E-state index is -0.995. The van der Waals surface area contributed by atoms with Crippen LogP contribution in [0.3, 0.4) is 0 Å². The van der Waals surface area contributed by atoms with Gasteiger partial charge in [-0.25, -0.2) is 0 Å². The highest BCUT2D eigenvalue weighted by Crippen LogP contribution is 2.44. The zero-order valence-corrected chi connectivity index (χ0v) is 22.5. The molecule has 2 N–H and O–H groups in total. The first-order valence-electron chi connectivity index (χ1n) is 12.7. The predicted octanol–water partition coefficient (Wildman–Crippen LogP) is 4.77. The summed E-state index contributed by atoms with van der Waals surface area (Å²) in [6.07, 6.45) is 2.24. The molecule has 0 bridgehead atoms. The number of fused-ring (bicyclic) bond motifs is 1. The van der Waals surface area contributed by atoms with Gasteiger partial charge in [0.2, 0.25) is 0 Å². The number of carbonyl (C=O) groups is 2. The Kier molecular flexibility index (Phi) is 7.34. The van der Waals surface area contributed by atoms with Crippen molar-refractivity contribution in [2.45, 2.75) is 12.5 Å². The number of methoxy groups -OCH3 is 3. The molecule has 1 aliphatic rings. The predicted molar refractivity (Wildman–Crippen MR) is 150 cm³/mol. The van der Waals surface area contributed by atoms with E-state index in [1.54, 1.807) is 25.3 Å². The molecule has 11 heteroatoms. The van der Waals surface area contributed by atoms with Crippen molar-refractivity contribution in [3.05, 3.63) is 99.2 Å². The topological polar surface area (TPSA) is 144 Å². The van der Waals surface area contributed by atoms with Crippen molar-refractivity contribution < 1.29 is 33.8 Å². The highest BCUT2D eigenvalue weighted by atomic mass is 16.6. The number of H-pyrrole nitrogens is 1. The maximum atomic E-state index is 13.5. The molecule has 1 atom stereocenters. The van der Waals surface area contributed by atoms with Gasteiger partial charge < -0.3 is 29.2 Å². The normalized spacial score (nSPS) is 16.3. The number of nitro benzene ring substituents is 1. The number of ketones is 1. The molecule has 210 valence electrons. The third-order valence-electron chi connectivity index (χ3n) is 7.22. The molecule has 11 nitrogen and oxygen atoms in total. The second-order valence-electron chi connectivity index (χ2n) is 9.38. The minimum absolute atomic E-state index is 0.144. The van der Waals surface area contributed by atoms with Gasteiger partial charge in [-0.05, 0) is 54.4 Å². The Bertz CT molecular complexity index is 1690. The van der Waals surface area contributed by atoms with Gasteiger partial charge in [-0.15, -0.1) is 0 Å². The van der Waals surface area contributed by atoms with Gasteiger partial charge in [-0.3, -0.25) is 19.7 Å². The SMILES string of the molecule is COc1ccc(C2/C(=C(/O)c3ccc([N+](=O)[O-])cc3)C(=O)C(=O)N2CCc2c[nH]c3ccc(OC)cc23)c(OC)c1. The first-order chi connectivity index (χ1) is 19.8. The van der Waals surface area contributed by atoms with Gasteiger partial charge in [0.05, 0.1) is 37.9 Å². The Hall–Kier alpha value is -5.32. The number of amides is 1. The van der Waals surface area contributed by atoms with Crippen LogP contribution in [0.5, 0.6) is 17.2 Å². The van der Waals surface area contributed by atoms with Crippen molar-refractivity contribution in [3.8, 4) is 17.2 Å². The molecule has 1 aromatic heterocycles. The minimum Gasteiger partial charge on any atom is -0.507 e. The lowest BCUT2D eigenvalue weighted by Crippen LogP contribution is -2.31. The molecule has 0 spiro atoms. The Morgan fingerprint density at radius 1 is 0.976 bits per heavy atom. The standard InChI is InChI=1S/C30H27N3O8/c1-39-20-9-11-24-23(14-20)18(16-31-24)12-13-32-27(22-10-8-21(40-2)15-25(22)41-3)26(29(35)30(32)36)28(34)17-4-6-19(7-5-17)33(37)38/h4-11,14-16,27,31,34H,12-13H2,1-3H3/b28-26-. The molecule has 1 aliphatic heterocycles. The van der Waals surface area contributed by atoms with Gasteiger partial charge in [0.1, 0.15) is 23.0 Å². The second kappa shape index (κ2) is 11.0. The Labute approximate surface area is 234 Å². The van der Waals surface area contributed by atoms with Crippen LogP contribution in [0.15, 0.2) is 72.4 Å². The van der Waals surface area contributed by atoms with Crippen molar-refractivity contribution in [3.63, 3.8) is 0 Å². The van der Waals surface area contributed by atoms with Crippen molar-refractivity contribution >= 4 is 34.0 Å². The molecule has 0 aliphatic carbocycles. The van der Waals surface area contributed by atoms with Gasteiger partial charge in [0.15, 0.2) is 0 Å². The van der Waals surface area contributed by atoms with E-state index < -0.39 is 28.4 Å². The van der Waals surface area contributed by atoms with Crippen LogP contribution in [-0.2, 0) is 16.0 Å². The van der Waals surface area contributed by atoms with Crippen LogP contribution in [0, 0.1) is 10.1 Å². The third kappa shape index (κ3) is 4.93. The molecule has 1 fully saturated rings. The number of rotatable bonds is 9. The number of non-ortho nitro benzene ring substituents is 1. The van der Waals surface area contributed by atoms with E-state index in [-0.39, 0.29) is 23.4 Å². The molecular formula is C30H27N3O8. The summed E-state index contributed by atoms with van der Waals surface area (Å²) in [5.41, 5.74) is 2.12. The quantitative estimate of drug-likeness (QED) is 0.0985. The summed E-state index contributed by atoms with van der Waals surface area (Å²) >= 11 is 0. The summed E-state index contributed by atoms with van der Waals surface area (Å²) in [6.45, 7) is 0.144. The first kappa shape index (κ1) is 27.3. The van der Waals surface area contributed by atoms with E-state index >= 15 is 0 Å². The van der Waals surface area contributed by atoms with Gasteiger partial charge in [0, 0.05) is 53.0 Å². The monoisotopic (exact) mass is 557 g/mol. The van der Waals surface area contributed by atoms with Crippen LogP contribution < -0.4 is 14.2 Å². The second-order valence-corrected chi connectivity index (χ2v) is 9.38. The number of aliphatic hydroxyl groups excluding tert-OH is 1. The summed E-state index contributed by atoms with van der Waals surface area (Å²) in [7, 11) is 4.55. The van der Waals surface area contributed by atoms with E-state index in [1.165, 1.54) is 43.4 Å². The van der Waals surface area contributed by atoms with Crippen LogP contribution in [0.25, 0.3) is 16.7 Å². The lowest BCUT2D eigenvalue weighted by Gasteiger charge is -2.27. The zero-order valence-electron chi connectivity index (χ0n) is 22.5. The Morgan fingerprint density at radius 3 is 2.32 bits per heavy atom. The van der Waals surface area contributed by atoms with Crippen LogP contribution in [0.4, 0.5) is 5.69 Å². The molecule has 4 aromatic rings. The number of nitro groups is 1. The Morgan fingerprint density at radius 2 is 1.66 bits per heavy atom. The van der Waals surface area contributed by atoms with Gasteiger partial charge in [-0.1, -0.05) is 0 Å². The summed E-state index contributed by atoms with van der Waals surface area (Å²) in [5, 5.41) is 23.4. The highest BCUT2D eigenvalue weighted by molar-refractivity contribution is 6.46. The van der Waals surface area contributed by atoms with E-state index in [9.17, 15) is 24.8 Å². The average Bonchev–Trinajstić information content (AvgIpc) is 3.52. The number of Topliss-reactive ketones (excluding diaryl/α,β-unsaturated/α-hetero) is 1. The molecule has 1 saturated heterocycles. The highest BCUT2D eigenvalue weighted by Gasteiger charge is 2.47. The number of likely N-dealkylation sites (tertiary alicyclic amines) is 1. The number of nitrogens with zero attached hydrogens (tertiary/aromatic N) is 2. The molecule has 3 aromatic carbocycles. The van der Waals surface area contributed by atoms with Gasteiger partial charge in [-0.2, -0.15) is 0 Å². The number of aromatic nitrogens is 1. The summed E-state index contributed by atoms with van der Waals surface area (Å²) in [6, 6.07) is 14.7. The van der Waals surface area contributed by atoms with Crippen molar-refractivity contribution in [2.75, 3.05) is 27.9 Å². The van der Waals surface area contributed by atoms with Crippen LogP contribution >= 0.6 is 0 Å². The van der Waals surface area contributed by atoms with Crippen LogP contribution in [0.2, 0.25) is 0 Å². The fraction of sp³-hybridized carbons (Fsp3) is 0.200. The van der Waals surface area contributed by atoms with Crippen molar-refractivity contribution in [2.24, 2.45) is 0 Å². The fourth-order valence-corrected chi connectivity index (χ4v) is 5.11. The smallest absolute Gasteiger partial charge is 0.295 e. The molecular weight excluding hydrogens is 530 g/mol. The lowest BCUT2D eigenvalue weighted by atomic mass is 9.94. The van der Waals surface area contributed by atoms with E-state index in [4.69, 9.17) is 14.2 Å². The molecule has 1 unspecified atom stereocenters. The van der Waals surface area contributed by atoms with Crippen LogP contribution in [-0.4, -0.2) is 59.5 Å². The molecule has 0 radical (unpaired) electrons. The van der Waals surface area contributed by atoms with E-state index in [2.05, 4.69) is 4.98 Å². The molecule has 5 rings (SSSR count). The number of hydrogen-bond donors (Lipinski definition) is 2. The van der Waals surface area contributed by atoms with Gasteiger partial charge in [0.25, 0.3) is 17.4 Å². The molecule has 0 saturated carbocycles. The number of aliphatic hydroxyl groups is 1. The number of ether oxygens (including phenoxy) is 3. The molecule has 2 heterocycles. The average molecular weight is 558 g/mol. The fourth-order valence-electron chi connectivity index (χ4n) is 5.11. The number of aromatic amines is 1. The molecule has 41 heavy (non-hydrogen) atoms.